The highest BCUT2D eigenvalue weighted by Crippen LogP contribution is 2.22. The highest BCUT2D eigenvalue weighted by molar-refractivity contribution is 5.78. The van der Waals surface area contributed by atoms with Crippen LogP contribution in [0.5, 0.6) is 0 Å². The predicted octanol–water partition coefficient (Wildman–Crippen LogP) is 0.656. The summed E-state index contributed by atoms with van der Waals surface area (Å²) in [6.07, 6.45) is 0. The molecule has 0 unspecified atom stereocenters. The van der Waals surface area contributed by atoms with Gasteiger partial charge in [0, 0.05) is 14.1 Å². The standard InChI is InChI=1S/C10H11N7O/c1-17(2)6-4-3-5-9(13-6)14-10(12-5)7-8(11)16-18-15-7/h3-4H,1-2H3,(H2,11,16)(H,12,13,14). The van der Waals surface area contributed by atoms with E-state index in [1.54, 1.807) is 0 Å². The first kappa shape index (κ1) is 10.5. The highest BCUT2D eigenvalue weighted by Gasteiger charge is 2.14. The Morgan fingerprint density at radius 3 is 2.72 bits per heavy atom. The lowest BCUT2D eigenvalue weighted by Gasteiger charge is -2.09. The molecule has 3 N–H and O–H groups in total. The molecule has 3 aromatic heterocycles. The lowest BCUT2D eigenvalue weighted by molar-refractivity contribution is 0.310. The molecule has 3 rings (SSSR count). The first-order valence-corrected chi connectivity index (χ1v) is 5.27. The van der Waals surface area contributed by atoms with Gasteiger partial charge in [-0.1, -0.05) is 0 Å². The summed E-state index contributed by atoms with van der Waals surface area (Å²) in [5.41, 5.74) is 7.40. The maximum absolute atomic E-state index is 5.62. The van der Waals surface area contributed by atoms with Crippen molar-refractivity contribution in [2.45, 2.75) is 0 Å². The number of fused-ring (bicyclic) bond motifs is 1. The molecule has 0 bridgehead atoms. The van der Waals surface area contributed by atoms with E-state index in [9.17, 15) is 0 Å². The summed E-state index contributed by atoms with van der Waals surface area (Å²) in [5, 5.41) is 7.21. The zero-order valence-corrected chi connectivity index (χ0v) is 9.88. The van der Waals surface area contributed by atoms with E-state index >= 15 is 0 Å². The van der Waals surface area contributed by atoms with Crippen molar-refractivity contribution in [3.8, 4) is 11.5 Å². The minimum atomic E-state index is 0.196. The highest BCUT2D eigenvalue weighted by atomic mass is 16.6. The number of rotatable bonds is 2. The molecule has 3 aromatic rings. The molecule has 0 aromatic carbocycles. The number of H-pyrrole nitrogens is 1. The molecule has 8 nitrogen and oxygen atoms in total. The van der Waals surface area contributed by atoms with Gasteiger partial charge in [0.1, 0.15) is 5.82 Å². The molecule has 0 saturated carbocycles. The Hall–Kier alpha value is -2.64. The van der Waals surface area contributed by atoms with Gasteiger partial charge >= 0.3 is 0 Å². The van der Waals surface area contributed by atoms with Crippen LogP contribution in [0.2, 0.25) is 0 Å². The molecular formula is C10H11N7O. The lowest BCUT2D eigenvalue weighted by atomic mass is 10.4. The number of hydrogen-bond donors (Lipinski definition) is 2. The minimum Gasteiger partial charge on any atom is -0.379 e. The second-order valence-corrected chi connectivity index (χ2v) is 4.02. The third-order valence-corrected chi connectivity index (χ3v) is 2.53. The molecule has 0 atom stereocenters. The average molecular weight is 245 g/mol. The number of pyridine rings is 1. The van der Waals surface area contributed by atoms with Crippen LogP contribution in [0.4, 0.5) is 11.6 Å². The molecule has 0 aliphatic heterocycles. The Labute approximate surface area is 102 Å². The van der Waals surface area contributed by atoms with Gasteiger partial charge in [-0.05, 0) is 22.4 Å². The molecule has 0 amide bonds. The van der Waals surface area contributed by atoms with Gasteiger partial charge < -0.3 is 15.6 Å². The van der Waals surface area contributed by atoms with Crippen molar-refractivity contribution < 1.29 is 4.63 Å². The number of aromatic nitrogens is 5. The summed E-state index contributed by atoms with van der Waals surface area (Å²) in [4.78, 5) is 13.7. The maximum Gasteiger partial charge on any atom is 0.199 e. The largest absolute Gasteiger partial charge is 0.379 e. The zero-order valence-electron chi connectivity index (χ0n) is 9.88. The van der Waals surface area contributed by atoms with Crippen molar-refractivity contribution in [3.63, 3.8) is 0 Å². The van der Waals surface area contributed by atoms with Crippen LogP contribution < -0.4 is 10.6 Å². The van der Waals surface area contributed by atoms with E-state index in [1.807, 2.05) is 31.1 Å². The third kappa shape index (κ3) is 1.54. The van der Waals surface area contributed by atoms with E-state index < -0.39 is 0 Å². The fourth-order valence-electron chi connectivity index (χ4n) is 1.60. The molecule has 0 radical (unpaired) electrons. The lowest BCUT2D eigenvalue weighted by Crippen LogP contribution is -2.10. The van der Waals surface area contributed by atoms with Gasteiger partial charge in [0.05, 0.1) is 5.52 Å². The fourth-order valence-corrected chi connectivity index (χ4v) is 1.60. The first-order valence-electron chi connectivity index (χ1n) is 5.27. The number of aromatic amines is 1. The summed E-state index contributed by atoms with van der Waals surface area (Å²) in [5.74, 6) is 1.51. The van der Waals surface area contributed by atoms with E-state index in [0.717, 1.165) is 11.3 Å². The molecule has 0 fully saturated rings. The molecular weight excluding hydrogens is 234 g/mol. The number of nitrogens with two attached hydrogens (primary N) is 1. The predicted molar refractivity (Wildman–Crippen MR) is 65.9 cm³/mol. The van der Waals surface area contributed by atoms with Gasteiger partial charge in [-0.3, -0.25) is 0 Å². The van der Waals surface area contributed by atoms with Crippen LogP contribution in [0.1, 0.15) is 0 Å². The van der Waals surface area contributed by atoms with E-state index in [0.29, 0.717) is 17.2 Å². The van der Waals surface area contributed by atoms with E-state index in [1.165, 1.54) is 0 Å². The summed E-state index contributed by atoms with van der Waals surface area (Å²) < 4.78 is 4.54. The zero-order chi connectivity index (χ0) is 12.7. The Morgan fingerprint density at radius 2 is 2.06 bits per heavy atom. The minimum absolute atomic E-state index is 0.196. The summed E-state index contributed by atoms with van der Waals surface area (Å²) in [6.45, 7) is 0. The van der Waals surface area contributed by atoms with Gasteiger partial charge in [-0.15, -0.1) is 0 Å². The van der Waals surface area contributed by atoms with E-state index in [2.05, 4.69) is 29.9 Å². The Morgan fingerprint density at radius 1 is 1.22 bits per heavy atom. The maximum atomic E-state index is 5.62. The van der Waals surface area contributed by atoms with Crippen LogP contribution in [0.3, 0.4) is 0 Å². The Bertz CT molecular complexity index is 699. The molecule has 92 valence electrons. The van der Waals surface area contributed by atoms with Gasteiger partial charge in [-0.2, -0.15) is 0 Å². The SMILES string of the molecule is CN(C)c1ccc2[nH]c(-c3nonc3N)nc2n1. The number of anilines is 2. The molecule has 0 aliphatic carbocycles. The van der Waals surface area contributed by atoms with Gasteiger partial charge in [0.25, 0.3) is 0 Å². The molecule has 0 aliphatic rings. The monoisotopic (exact) mass is 245 g/mol. The van der Waals surface area contributed by atoms with Crippen LogP contribution in [0.25, 0.3) is 22.7 Å². The Balaban J connectivity index is 2.14. The molecule has 8 heteroatoms. The van der Waals surface area contributed by atoms with Crippen molar-refractivity contribution in [1.29, 1.82) is 0 Å². The normalized spacial score (nSPS) is 11.0. The number of nitrogens with zero attached hydrogens (tertiary/aromatic N) is 5. The quantitative estimate of drug-likeness (QED) is 0.682. The van der Waals surface area contributed by atoms with Crippen molar-refractivity contribution in [2.75, 3.05) is 24.7 Å². The van der Waals surface area contributed by atoms with E-state index in [4.69, 9.17) is 5.73 Å². The number of hydrogen-bond acceptors (Lipinski definition) is 7. The summed E-state index contributed by atoms with van der Waals surface area (Å²) in [6, 6.07) is 3.80. The summed E-state index contributed by atoms with van der Waals surface area (Å²) in [7, 11) is 3.84. The smallest absolute Gasteiger partial charge is 0.199 e. The number of imidazole rings is 1. The van der Waals surface area contributed by atoms with Gasteiger partial charge in [0.2, 0.25) is 0 Å². The number of nitrogens with one attached hydrogen (secondary N) is 1. The molecule has 0 spiro atoms. The first-order chi connectivity index (χ1) is 8.65. The van der Waals surface area contributed by atoms with Crippen molar-refractivity contribution in [3.05, 3.63) is 12.1 Å². The second-order valence-electron chi connectivity index (χ2n) is 4.02. The molecule has 18 heavy (non-hydrogen) atoms. The van der Waals surface area contributed by atoms with Crippen LogP contribution in [0, 0.1) is 0 Å². The topological polar surface area (TPSA) is 110 Å². The second kappa shape index (κ2) is 3.69. The third-order valence-electron chi connectivity index (χ3n) is 2.53. The van der Waals surface area contributed by atoms with Gasteiger partial charge in [-0.25, -0.2) is 14.6 Å². The number of nitrogen functional groups attached to an aromatic ring is 1. The fraction of sp³-hybridized carbons (Fsp3) is 0.200. The van der Waals surface area contributed by atoms with Crippen LogP contribution in [0.15, 0.2) is 16.8 Å². The van der Waals surface area contributed by atoms with Crippen molar-refractivity contribution in [1.82, 2.24) is 25.3 Å². The average Bonchev–Trinajstić information content (AvgIpc) is 2.92. The van der Waals surface area contributed by atoms with Crippen LogP contribution in [-0.4, -0.2) is 39.4 Å². The Kier molecular flexibility index (Phi) is 2.15. The van der Waals surface area contributed by atoms with Crippen molar-refractivity contribution >= 4 is 22.8 Å². The van der Waals surface area contributed by atoms with E-state index in [-0.39, 0.29) is 5.82 Å². The van der Waals surface area contributed by atoms with Crippen molar-refractivity contribution in [2.24, 2.45) is 0 Å². The van der Waals surface area contributed by atoms with Crippen LogP contribution in [-0.2, 0) is 0 Å². The summed E-state index contributed by atoms with van der Waals surface area (Å²) >= 11 is 0. The molecule has 3 heterocycles. The van der Waals surface area contributed by atoms with Crippen LogP contribution >= 0.6 is 0 Å². The van der Waals surface area contributed by atoms with Gasteiger partial charge in [0.15, 0.2) is 23.0 Å². The molecule has 0 saturated heterocycles.